The number of carbonyl (C=O) groups excluding carboxylic acids is 2. The van der Waals surface area contributed by atoms with E-state index in [1.54, 1.807) is 6.92 Å². The Labute approximate surface area is 102 Å². The van der Waals surface area contributed by atoms with Gasteiger partial charge in [0.2, 0.25) is 5.91 Å². The van der Waals surface area contributed by atoms with Crippen molar-refractivity contribution in [1.29, 1.82) is 0 Å². The summed E-state index contributed by atoms with van der Waals surface area (Å²) in [4.78, 5) is 22.9. The van der Waals surface area contributed by atoms with E-state index in [1.165, 1.54) is 0 Å². The minimum Gasteiger partial charge on any atom is -0.466 e. The lowest BCUT2D eigenvalue weighted by Crippen LogP contribution is -2.42. The molecule has 0 aromatic carbocycles. The van der Waals surface area contributed by atoms with Crippen LogP contribution in [0.2, 0.25) is 0 Å². The van der Waals surface area contributed by atoms with Crippen LogP contribution in [-0.4, -0.2) is 37.6 Å². The average Bonchev–Trinajstić information content (AvgIpc) is 2.79. The van der Waals surface area contributed by atoms with Gasteiger partial charge in [-0.05, 0) is 32.2 Å². The van der Waals surface area contributed by atoms with E-state index in [4.69, 9.17) is 4.74 Å². The second kappa shape index (κ2) is 7.27. The third kappa shape index (κ3) is 5.17. The number of hydrogen-bond donors (Lipinski definition) is 2. The van der Waals surface area contributed by atoms with E-state index in [-0.39, 0.29) is 23.8 Å². The van der Waals surface area contributed by atoms with Gasteiger partial charge in [-0.3, -0.25) is 9.59 Å². The van der Waals surface area contributed by atoms with Gasteiger partial charge in [0.15, 0.2) is 0 Å². The molecule has 0 radical (unpaired) electrons. The van der Waals surface area contributed by atoms with Crippen LogP contribution >= 0.6 is 0 Å². The molecule has 2 unspecified atom stereocenters. The Kier molecular flexibility index (Phi) is 5.97. The van der Waals surface area contributed by atoms with E-state index in [9.17, 15) is 9.59 Å². The van der Waals surface area contributed by atoms with Crippen LogP contribution in [0.15, 0.2) is 0 Å². The van der Waals surface area contributed by atoms with Gasteiger partial charge in [-0.15, -0.1) is 0 Å². The van der Waals surface area contributed by atoms with Crippen LogP contribution in [0, 0.1) is 5.92 Å². The summed E-state index contributed by atoms with van der Waals surface area (Å²) in [6.45, 7) is 5.56. The lowest BCUT2D eigenvalue weighted by molar-refractivity contribution is -0.144. The van der Waals surface area contributed by atoms with Gasteiger partial charge in [-0.25, -0.2) is 0 Å². The van der Waals surface area contributed by atoms with E-state index in [0.29, 0.717) is 19.6 Å². The summed E-state index contributed by atoms with van der Waals surface area (Å²) >= 11 is 0. The van der Waals surface area contributed by atoms with Crippen LogP contribution in [0.25, 0.3) is 0 Å². The van der Waals surface area contributed by atoms with Crippen molar-refractivity contribution in [1.82, 2.24) is 10.6 Å². The van der Waals surface area contributed by atoms with Crippen LogP contribution in [0.3, 0.4) is 0 Å². The Morgan fingerprint density at radius 3 is 2.88 bits per heavy atom. The van der Waals surface area contributed by atoms with Crippen LogP contribution in [0.4, 0.5) is 0 Å². The molecule has 1 heterocycles. The third-order valence-corrected chi connectivity index (χ3v) is 2.82. The average molecular weight is 242 g/mol. The van der Waals surface area contributed by atoms with E-state index < -0.39 is 0 Å². The zero-order valence-corrected chi connectivity index (χ0v) is 10.6. The first-order valence-corrected chi connectivity index (χ1v) is 6.30. The molecule has 17 heavy (non-hydrogen) atoms. The van der Waals surface area contributed by atoms with Crippen LogP contribution in [-0.2, 0) is 14.3 Å². The number of carbonyl (C=O) groups is 2. The molecule has 2 atom stereocenters. The molecule has 1 rings (SSSR count). The minimum atomic E-state index is -0.201. The normalized spacial score (nSPS) is 20.9. The first kappa shape index (κ1) is 14.0. The van der Waals surface area contributed by atoms with Gasteiger partial charge < -0.3 is 15.4 Å². The standard InChI is InChI=1S/C12H22N2O3/c1-3-17-11(15)7-9(2)8-14-12(16)10-5-4-6-13-10/h9-10,13H,3-8H2,1-2H3,(H,14,16). The highest BCUT2D eigenvalue weighted by atomic mass is 16.5. The molecule has 1 fully saturated rings. The van der Waals surface area contributed by atoms with Crippen molar-refractivity contribution in [3.63, 3.8) is 0 Å². The second-order valence-corrected chi connectivity index (χ2v) is 4.51. The molecule has 0 bridgehead atoms. The van der Waals surface area contributed by atoms with Gasteiger partial charge in [0, 0.05) is 13.0 Å². The largest absolute Gasteiger partial charge is 0.466 e. The lowest BCUT2D eigenvalue weighted by atomic mass is 10.1. The van der Waals surface area contributed by atoms with Gasteiger partial charge >= 0.3 is 5.97 Å². The van der Waals surface area contributed by atoms with Gasteiger partial charge in [-0.1, -0.05) is 6.92 Å². The molecule has 2 N–H and O–H groups in total. The predicted octanol–water partition coefficient (Wildman–Crippen LogP) is 0.444. The molecule has 5 nitrogen and oxygen atoms in total. The Balaban J connectivity index is 2.16. The minimum absolute atomic E-state index is 0.0400. The maximum atomic E-state index is 11.7. The van der Waals surface area contributed by atoms with E-state index >= 15 is 0 Å². The summed E-state index contributed by atoms with van der Waals surface area (Å²) in [5, 5.41) is 6.00. The molecule has 1 aliphatic heterocycles. The number of rotatable bonds is 6. The van der Waals surface area contributed by atoms with Crippen molar-refractivity contribution in [3.8, 4) is 0 Å². The molecular weight excluding hydrogens is 220 g/mol. The molecule has 1 aliphatic rings. The van der Waals surface area contributed by atoms with Crippen molar-refractivity contribution < 1.29 is 14.3 Å². The lowest BCUT2D eigenvalue weighted by Gasteiger charge is -2.14. The molecule has 5 heteroatoms. The maximum Gasteiger partial charge on any atom is 0.306 e. The van der Waals surface area contributed by atoms with Crippen molar-refractivity contribution in [2.24, 2.45) is 5.92 Å². The first-order valence-electron chi connectivity index (χ1n) is 6.30. The first-order chi connectivity index (χ1) is 8.13. The van der Waals surface area contributed by atoms with E-state index in [0.717, 1.165) is 19.4 Å². The van der Waals surface area contributed by atoms with Crippen LogP contribution in [0.5, 0.6) is 0 Å². The summed E-state index contributed by atoms with van der Waals surface area (Å²) in [5.41, 5.74) is 0. The molecule has 0 aromatic rings. The third-order valence-electron chi connectivity index (χ3n) is 2.82. The van der Waals surface area contributed by atoms with Crippen LogP contribution in [0.1, 0.15) is 33.1 Å². The summed E-state index contributed by atoms with van der Waals surface area (Å²) in [5.74, 6) is -0.0501. The Morgan fingerprint density at radius 1 is 1.53 bits per heavy atom. The summed E-state index contributed by atoms with van der Waals surface area (Å²) < 4.78 is 4.86. The monoisotopic (exact) mass is 242 g/mol. The summed E-state index contributed by atoms with van der Waals surface area (Å²) in [7, 11) is 0. The number of nitrogens with one attached hydrogen (secondary N) is 2. The quantitative estimate of drug-likeness (QED) is 0.663. The fourth-order valence-corrected chi connectivity index (χ4v) is 1.88. The Hall–Kier alpha value is -1.10. The highest BCUT2D eigenvalue weighted by Crippen LogP contribution is 2.06. The summed E-state index contributed by atoms with van der Waals surface area (Å²) in [6, 6.07) is -0.0511. The van der Waals surface area contributed by atoms with Crippen molar-refractivity contribution in [2.45, 2.75) is 39.2 Å². The van der Waals surface area contributed by atoms with E-state index in [2.05, 4.69) is 10.6 Å². The number of ether oxygens (including phenoxy) is 1. The molecule has 0 spiro atoms. The SMILES string of the molecule is CCOC(=O)CC(C)CNC(=O)C1CCCN1. The molecule has 0 saturated carbocycles. The van der Waals surface area contributed by atoms with Gasteiger partial charge in [-0.2, -0.15) is 0 Å². The molecule has 1 saturated heterocycles. The smallest absolute Gasteiger partial charge is 0.306 e. The molecular formula is C12H22N2O3. The molecule has 0 aliphatic carbocycles. The van der Waals surface area contributed by atoms with Crippen molar-refractivity contribution in [2.75, 3.05) is 19.7 Å². The number of esters is 1. The molecule has 98 valence electrons. The zero-order valence-electron chi connectivity index (χ0n) is 10.6. The summed E-state index contributed by atoms with van der Waals surface area (Å²) in [6.07, 6.45) is 2.31. The highest BCUT2D eigenvalue weighted by molar-refractivity contribution is 5.82. The highest BCUT2D eigenvalue weighted by Gasteiger charge is 2.22. The number of hydrogen-bond acceptors (Lipinski definition) is 4. The van der Waals surface area contributed by atoms with E-state index in [1.807, 2.05) is 6.92 Å². The Morgan fingerprint density at radius 2 is 2.29 bits per heavy atom. The predicted molar refractivity (Wildman–Crippen MR) is 64.4 cm³/mol. The molecule has 0 aromatic heterocycles. The van der Waals surface area contributed by atoms with Gasteiger partial charge in [0.1, 0.15) is 0 Å². The van der Waals surface area contributed by atoms with Gasteiger partial charge in [0.25, 0.3) is 0 Å². The fraction of sp³-hybridized carbons (Fsp3) is 0.833. The fourth-order valence-electron chi connectivity index (χ4n) is 1.88. The maximum absolute atomic E-state index is 11.7. The topological polar surface area (TPSA) is 67.4 Å². The van der Waals surface area contributed by atoms with Gasteiger partial charge in [0.05, 0.1) is 12.6 Å². The van der Waals surface area contributed by atoms with Crippen LogP contribution < -0.4 is 10.6 Å². The molecule has 1 amide bonds. The Bertz CT molecular complexity index is 262. The van der Waals surface area contributed by atoms with Crippen molar-refractivity contribution in [3.05, 3.63) is 0 Å². The second-order valence-electron chi connectivity index (χ2n) is 4.51. The van der Waals surface area contributed by atoms with Crippen molar-refractivity contribution >= 4 is 11.9 Å². The zero-order chi connectivity index (χ0) is 12.7. The number of amides is 1.